The van der Waals surface area contributed by atoms with Gasteiger partial charge in [0.05, 0.1) is 0 Å². The fraction of sp³-hybridized carbons (Fsp3) is 0.600. The average molecular weight is 270 g/mol. The molecule has 1 aromatic carbocycles. The highest BCUT2D eigenvalue weighted by molar-refractivity contribution is 5.19. The zero-order valence-corrected chi connectivity index (χ0v) is 12.0. The molecule has 0 radical (unpaired) electrons. The normalized spacial score (nSPS) is 11.8. The van der Waals surface area contributed by atoms with Gasteiger partial charge in [0.2, 0.25) is 0 Å². The maximum atomic E-state index is 13.3. The molecule has 0 aliphatic rings. The molecule has 0 fully saturated rings. The number of nitrogens with one attached hydrogen (secondary N) is 2. The summed E-state index contributed by atoms with van der Waals surface area (Å²) in [4.78, 5) is 0. The van der Waals surface area contributed by atoms with Crippen molar-refractivity contribution >= 4 is 0 Å². The smallest absolute Gasteiger partial charge is 0.129 e. The van der Waals surface area contributed by atoms with Crippen LogP contribution < -0.4 is 10.6 Å². The fourth-order valence-electron chi connectivity index (χ4n) is 1.79. The molecule has 0 spiro atoms. The summed E-state index contributed by atoms with van der Waals surface area (Å²) in [5.74, 6) is -0.924. The maximum Gasteiger partial charge on any atom is 0.129 e. The Hall–Kier alpha value is -1.00. The van der Waals surface area contributed by atoms with E-state index in [4.69, 9.17) is 0 Å². The Morgan fingerprint density at radius 2 is 1.63 bits per heavy atom. The molecule has 2 nitrogen and oxygen atoms in total. The summed E-state index contributed by atoms with van der Waals surface area (Å²) in [6, 6.07) is 3.98. The molecule has 0 saturated carbocycles. The zero-order valence-electron chi connectivity index (χ0n) is 12.0. The Kier molecular flexibility index (Phi) is 6.38. The van der Waals surface area contributed by atoms with Gasteiger partial charge in [0, 0.05) is 11.1 Å². The van der Waals surface area contributed by atoms with E-state index in [9.17, 15) is 8.78 Å². The van der Waals surface area contributed by atoms with Crippen molar-refractivity contribution < 1.29 is 8.78 Å². The summed E-state index contributed by atoms with van der Waals surface area (Å²) in [6.07, 6.45) is 1.38. The standard InChI is InChI=1S/C15H24F2N2/c1-15(2,3)19-10-5-9-18-11-8-12-13(16)6-4-7-14(12)17/h4,6-7,18-19H,5,8-11H2,1-3H3. The van der Waals surface area contributed by atoms with Gasteiger partial charge >= 0.3 is 0 Å². The topological polar surface area (TPSA) is 24.1 Å². The predicted molar refractivity (Wildman–Crippen MR) is 75.3 cm³/mol. The van der Waals surface area contributed by atoms with Gasteiger partial charge in [0.1, 0.15) is 11.6 Å². The van der Waals surface area contributed by atoms with Crippen LogP contribution >= 0.6 is 0 Å². The quantitative estimate of drug-likeness (QED) is 0.744. The van der Waals surface area contributed by atoms with Gasteiger partial charge in [0.25, 0.3) is 0 Å². The first kappa shape index (κ1) is 16.1. The van der Waals surface area contributed by atoms with Gasteiger partial charge in [-0.15, -0.1) is 0 Å². The van der Waals surface area contributed by atoms with Crippen LogP contribution in [-0.2, 0) is 6.42 Å². The highest BCUT2D eigenvalue weighted by Crippen LogP contribution is 2.11. The van der Waals surface area contributed by atoms with E-state index >= 15 is 0 Å². The highest BCUT2D eigenvalue weighted by atomic mass is 19.1. The molecule has 4 heteroatoms. The van der Waals surface area contributed by atoms with E-state index in [1.807, 2.05) is 0 Å². The molecule has 1 aromatic rings. The second-order valence-corrected chi connectivity index (χ2v) is 5.73. The van der Waals surface area contributed by atoms with Crippen LogP contribution in [0.3, 0.4) is 0 Å². The maximum absolute atomic E-state index is 13.3. The number of hydrogen-bond donors (Lipinski definition) is 2. The number of rotatable bonds is 7. The second kappa shape index (κ2) is 7.56. The fourth-order valence-corrected chi connectivity index (χ4v) is 1.79. The molecule has 108 valence electrons. The van der Waals surface area contributed by atoms with Crippen molar-refractivity contribution in [2.75, 3.05) is 19.6 Å². The minimum absolute atomic E-state index is 0.135. The van der Waals surface area contributed by atoms with Gasteiger partial charge in [-0.2, -0.15) is 0 Å². The molecule has 0 aromatic heterocycles. The molecule has 0 atom stereocenters. The molecule has 19 heavy (non-hydrogen) atoms. The Bertz CT molecular complexity index is 366. The molecule has 0 bridgehead atoms. The van der Waals surface area contributed by atoms with Crippen molar-refractivity contribution in [2.45, 2.75) is 39.2 Å². The van der Waals surface area contributed by atoms with Gasteiger partial charge in [0.15, 0.2) is 0 Å². The van der Waals surface area contributed by atoms with Gasteiger partial charge in [-0.25, -0.2) is 8.78 Å². The number of halogens is 2. The van der Waals surface area contributed by atoms with Crippen molar-refractivity contribution in [1.29, 1.82) is 0 Å². The Balaban J connectivity index is 2.15. The summed E-state index contributed by atoms with van der Waals surface area (Å²) in [5.41, 5.74) is 0.304. The predicted octanol–water partition coefficient (Wildman–Crippen LogP) is 2.88. The third-order valence-electron chi connectivity index (χ3n) is 2.80. The van der Waals surface area contributed by atoms with Crippen molar-refractivity contribution in [1.82, 2.24) is 10.6 Å². The van der Waals surface area contributed by atoms with Crippen LogP contribution in [0.4, 0.5) is 8.78 Å². The van der Waals surface area contributed by atoms with Crippen LogP contribution in [0, 0.1) is 11.6 Å². The van der Waals surface area contributed by atoms with Crippen molar-refractivity contribution in [3.63, 3.8) is 0 Å². The summed E-state index contributed by atoms with van der Waals surface area (Å²) < 4.78 is 26.7. The average Bonchev–Trinajstić information content (AvgIpc) is 2.29. The molecule has 0 heterocycles. The lowest BCUT2D eigenvalue weighted by Gasteiger charge is -2.20. The number of benzene rings is 1. The Morgan fingerprint density at radius 3 is 2.21 bits per heavy atom. The van der Waals surface area contributed by atoms with Crippen LogP contribution in [-0.4, -0.2) is 25.2 Å². The van der Waals surface area contributed by atoms with E-state index in [1.54, 1.807) is 0 Å². The lowest BCUT2D eigenvalue weighted by atomic mass is 10.1. The van der Waals surface area contributed by atoms with E-state index in [2.05, 4.69) is 31.4 Å². The molecule has 1 rings (SSSR count). The Labute approximate surface area is 114 Å². The molecular weight excluding hydrogens is 246 g/mol. The van der Waals surface area contributed by atoms with Crippen LogP contribution in [0.1, 0.15) is 32.8 Å². The van der Waals surface area contributed by atoms with E-state index < -0.39 is 11.6 Å². The van der Waals surface area contributed by atoms with Crippen molar-refractivity contribution in [3.05, 3.63) is 35.4 Å². The SMILES string of the molecule is CC(C)(C)NCCCNCCc1c(F)cccc1F. The largest absolute Gasteiger partial charge is 0.316 e. The van der Waals surface area contributed by atoms with E-state index in [0.29, 0.717) is 13.0 Å². The van der Waals surface area contributed by atoms with Crippen molar-refractivity contribution in [2.24, 2.45) is 0 Å². The van der Waals surface area contributed by atoms with Gasteiger partial charge in [-0.05, 0) is 65.4 Å². The van der Waals surface area contributed by atoms with Crippen LogP contribution in [0.15, 0.2) is 18.2 Å². The number of hydrogen-bond acceptors (Lipinski definition) is 2. The molecule has 0 saturated heterocycles. The zero-order chi connectivity index (χ0) is 14.3. The van der Waals surface area contributed by atoms with Gasteiger partial charge in [-0.1, -0.05) is 6.07 Å². The molecule has 0 aliphatic heterocycles. The first-order valence-corrected chi connectivity index (χ1v) is 6.79. The first-order valence-electron chi connectivity index (χ1n) is 6.79. The first-order chi connectivity index (χ1) is 8.90. The van der Waals surface area contributed by atoms with Crippen molar-refractivity contribution in [3.8, 4) is 0 Å². The molecule has 0 unspecified atom stereocenters. The molecule has 2 N–H and O–H groups in total. The lowest BCUT2D eigenvalue weighted by molar-refractivity contribution is 0.418. The van der Waals surface area contributed by atoms with Crippen LogP contribution in [0.25, 0.3) is 0 Å². The second-order valence-electron chi connectivity index (χ2n) is 5.73. The summed E-state index contributed by atoms with van der Waals surface area (Å²) in [6.45, 7) is 8.75. The van der Waals surface area contributed by atoms with Crippen LogP contribution in [0.2, 0.25) is 0 Å². The third-order valence-corrected chi connectivity index (χ3v) is 2.80. The third kappa shape index (κ3) is 6.64. The summed E-state index contributed by atoms with van der Waals surface area (Å²) in [7, 11) is 0. The summed E-state index contributed by atoms with van der Waals surface area (Å²) >= 11 is 0. The van der Waals surface area contributed by atoms with E-state index in [1.165, 1.54) is 18.2 Å². The molecule has 0 amide bonds. The van der Waals surface area contributed by atoms with Crippen LogP contribution in [0.5, 0.6) is 0 Å². The minimum atomic E-state index is -0.462. The lowest BCUT2D eigenvalue weighted by Crippen LogP contribution is -2.37. The minimum Gasteiger partial charge on any atom is -0.316 e. The van der Waals surface area contributed by atoms with E-state index in [0.717, 1.165) is 19.5 Å². The van der Waals surface area contributed by atoms with Gasteiger partial charge < -0.3 is 10.6 Å². The van der Waals surface area contributed by atoms with Gasteiger partial charge in [-0.3, -0.25) is 0 Å². The van der Waals surface area contributed by atoms with E-state index in [-0.39, 0.29) is 11.1 Å². The Morgan fingerprint density at radius 1 is 1.00 bits per heavy atom. The molecule has 0 aliphatic carbocycles. The monoisotopic (exact) mass is 270 g/mol. The molecular formula is C15H24F2N2. The highest BCUT2D eigenvalue weighted by Gasteiger charge is 2.08. The summed E-state index contributed by atoms with van der Waals surface area (Å²) in [5, 5.41) is 6.59.